The van der Waals surface area contributed by atoms with Crippen LogP contribution in [-0.4, -0.2) is 53.2 Å². The van der Waals surface area contributed by atoms with E-state index in [1.165, 1.54) is 17.9 Å². The Labute approximate surface area is 238 Å². The van der Waals surface area contributed by atoms with E-state index in [-0.39, 0.29) is 17.7 Å². The van der Waals surface area contributed by atoms with Crippen LogP contribution in [0.1, 0.15) is 44.7 Å². The van der Waals surface area contributed by atoms with Crippen molar-refractivity contribution in [3.05, 3.63) is 76.1 Å². The van der Waals surface area contributed by atoms with Gasteiger partial charge in [0.1, 0.15) is 23.7 Å². The summed E-state index contributed by atoms with van der Waals surface area (Å²) < 4.78 is 5.28. The Morgan fingerprint density at radius 2 is 1.76 bits per heavy atom. The molecular weight excluding hydrogens is 524 g/mol. The summed E-state index contributed by atoms with van der Waals surface area (Å²) >= 11 is 0. The summed E-state index contributed by atoms with van der Waals surface area (Å²) in [6.07, 6.45) is 1.37. The van der Waals surface area contributed by atoms with Gasteiger partial charge in [-0.05, 0) is 48.9 Å². The fraction of sp³-hybridized carbons (Fsp3) is 0.387. The van der Waals surface area contributed by atoms with Crippen molar-refractivity contribution in [2.24, 2.45) is 5.92 Å². The molecule has 0 unspecified atom stereocenters. The van der Waals surface area contributed by atoms with Crippen molar-refractivity contribution in [1.29, 1.82) is 0 Å². The van der Waals surface area contributed by atoms with Crippen LogP contribution in [0.5, 0.6) is 0 Å². The van der Waals surface area contributed by atoms with Gasteiger partial charge in [-0.15, -0.1) is 0 Å². The second-order valence-corrected chi connectivity index (χ2v) is 10.8. The standard InChI is InChI=1S/C31H36N4O6/c1-18(2)28(30(39)33-22-12-13-23-19(3)15-27(37)41-26(23)17-22)34-29(38)25-11-8-14-35(25)31(40)24(32-20(4)36)16-21-9-6-5-7-10-21/h5-7,9-10,12-13,15,17-18,24-25,28H,8,11,14,16H2,1-4H3,(H,32,36)(H,33,39)(H,34,38)/t24-,25-,28-/m0/s1. The maximum Gasteiger partial charge on any atom is 0.336 e. The van der Waals surface area contributed by atoms with Gasteiger partial charge in [-0.1, -0.05) is 44.2 Å². The molecule has 0 spiro atoms. The normalized spacial score (nSPS) is 16.3. The van der Waals surface area contributed by atoms with E-state index in [0.29, 0.717) is 37.1 Å². The third-order valence-corrected chi connectivity index (χ3v) is 7.26. The van der Waals surface area contributed by atoms with Crippen LogP contribution in [0, 0.1) is 12.8 Å². The fourth-order valence-electron chi connectivity index (χ4n) is 5.21. The lowest BCUT2D eigenvalue weighted by atomic mass is 10.0. The molecule has 1 saturated heterocycles. The molecule has 3 aromatic rings. The molecule has 0 saturated carbocycles. The molecule has 3 atom stereocenters. The Bertz CT molecular complexity index is 1500. The van der Waals surface area contributed by atoms with Crippen LogP contribution in [0.3, 0.4) is 0 Å². The van der Waals surface area contributed by atoms with Crippen LogP contribution < -0.4 is 21.6 Å². The first kappa shape index (κ1) is 29.5. The van der Waals surface area contributed by atoms with E-state index in [0.717, 1.165) is 16.5 Å². The van der Waals surface area contributed by atoms with Crippen molar-refractivity contribution in [3.8, 4) is 0 Å². The molecule has 0 bridgehead atoms. The number of nitrogens with zero attached hydrogens (tertiary/aromatic N) is 1. The van der Waals surface area contributed by atoms with E-state index in [1.807, 2.05) is 44.2 Å². The molecule has 0 radical (unpaired) electrons. The van der Waals surface area contributed by atoms with Gasteiger partial charge in [0.2, 0.25) is 23.6 Å². The smallest absolute Gasteiger partial charge is 0.336 e. The lowest BCUT2D eigenvalue weighted by molar-refractivity contribution is -0.142. The molecule has 4 rings (SSSR count). The Kier molecular flexibility index (Phi) is 9.21. The summed E-state index contributed by atoms with van der Waals surface area (Å²) in [5.41, 5.74) is 1.95. The first-order valence-electron chi connectivity index (χ1n) is 13.8. The summed E-state index contributed by atoms with van der Waals surface area (Å²) in [6.45, 7) is 7.17. The summed E-state index contributed by atoms with van der Waals surface area (Å²) in [6, 6.07) is 13.4. The summed E-state index contributed by atoms with van der Waals surface area (Å²) in [5.74, 6) is -1.78. The average molecular weight is 561 g/mol. The van der Waals surface area contributed by atoms with Crippen molar-refractivity contribution in [3.63, 3.8) is 0 Å². The van der Waals surface area contributed by atoms with Crippen LogP contribution in [0.25, 0.3) is 11.0 Å². The molecule has 10 heteroatoms. The van der Waals surface area contributed by atoms with Crippen molar-refractivity contribution >= 4 is 40.3 Å². The zero-order valence-corrected chi connectivity index (χ0v) is 23.7. The Morgan fingerprint density at radius 3 is 2.44 bits per heavy atom. The highest BCUT2D eigenvalue weighted by Gasteiger charge is 2.39. The molecule has 1 aliphatic heterocycles. The van der Waals surface area contributed by atoms with E-state index < -0.39 is 35.6 Å². The molecule has 2 heterocycles. The highest BCUT2D eigenvalue weighted by Crippen LogP contribution is 2.23. The second kappa shape index (κ2) is 12.8. The SMILES string of the molecule is CC(=O)N[C@@H](Cc1ccccc1)C(=O)N1CCC[C@H]1C(=O)N[C@H](C(=O)Nc1ccc2c(C)cc(=O)oc2c1)C(C)C. The van der Waals surface area contributed by atoms with Crippen LogP contribution in [0.15, 0.2) is 63.8 Å². The number of rotatable bonds is 9. The number of nitrogens with one attached hydrogen (secondary N) is 3. The van der Waals surface area contributed by atoms with Gasteiger partial charge in [0.25, 0.3) is 0 Å². The third-order valence-electron chi connectivity index (χ3n) is 7.26. The number of carbonyl (C=O) groups is 4. The molecule has 4 amide bonds. The van der Waals surface area contributed by atoms with Gasteiger partial charge >= 0.3 is 5.63 Å². The minimum atomic E-state index is -0.879. The van der Waals surface area contributed by atoms with Crippen LogP contribution in [0.4, 0.5) is 5.69 Å². The molecule has 216 valence electrons. The van der Waals surface area contributed by atoms with Gasteiger partial charge in [0.15, 0.2) is 0 Å². The van der Waals surface area contributed by atoms with E-state index >= 15 is 0 Å². The van der Waals surface area contributed by atoms with Gasteiger partial charge in [-0.3, -0.25) is 19.2 Å². The maximum atomic E-state index is 13.6. The van der Waals surface area contributed by atoms with E-state index in [9.17, 15) is 24.0 Å². The molecule has 1 aromatic heterocycles. The van der Waals surface area contributed by atoms with Crippen molar-refractivity contribution in [1.82, 2.24) is 15.5 Å². The van der Waals surface area contributed by atoms with Crippen LogP contribution in [-0.2, 0) is 25.6 Å². The third kappa shape index (κ3) is 7.19. The zero-order valence-electron chi connectivity index (χ0n) is 23.7. The monoisotopic (exact) mass is 560 g/mol. The minimum absolute atomic E-state index is 0.254. The summed E-state index contributed by atoms with van der Waals surface area (Å²) in [5, 5.41) is 9.14. The molecule has 3 N–H and O–H groups in total. The largest absolute Gasteiger partial charge is 0.423 e. The number of hydrogen-bond donors (Lipinski definition) is 3. The van der Waals surface area contributed by atoms with Crippen molar-refractivity contribution < 1.29 is 23.6 Å². The first-order valence-corrected chi connectivity index (χ1v) is 13.8. The topological polar surface area (TPSA) is 138 Å². The maximum absolute atomic E-state index is 13.6. The van der Waals surface area contributed by atoms with Crippen LogP contribution in [0.2, 0.25) is 0 Å². The van der Waals surface area contributed by atoms with Gasteiger partial charge in [-0.2, -0.15) is 0 Å². The average Bonchev–Trinajstić information content (AvgIpc) is 3.41. The fourth-order valence-corrected chi connectivity index (χ4v) is 5.21. The predicted molar refractivity (Wildman–Crippen MR) is 155 cm³/mol. The molecule has 10 nitrogen and oxygen atoms in total. The number of fused-ring (bicyclic) bond motifs is 1. The Balaban J connectivity index is 1.47. The number of amides is 4. The number of benzene rings is 2. The van der Waals surface area contributed by atoms with Gasteiger partial charge in [-0.25, -0.2) is 4.79 Å². The van der Waals surface area contributed by atoms with E-state index in [4.69, 9.17) is 4.42 Å². The first-order chi connectivity index (χ1) is 19.5. The molecule has 0 aliphatic carbocycles. The molecular formula is C31H36N4O6. The molecule has 1 aliphatic rings. The number of carbonyl (C=O) groups excluding carboxylic acids is 4. The minimum Gasteiger partial charge on any atom is -0.423 e. The quantitative estimate of drug-likeness (QED) is 0.344. The number of hydrogen-bond acceptors (Lipinski definition) is 6. The zero-order chi connectivity index (χ0) is 29.7. The second-order valence-electron chi connectivity index (χ2n) is 10.8. The van der Waals surface area contributed by atoms with Gasteiger partial charge in [0, 0.05) is 43.1 Å². The molecule has 41 heavy (non-hydrogen) atoms. The van der Waals surface area contributed by atoms with Crippen LogP contribution >= 0.6 is 0 Å². The highest BCUT2D eigenvalue weighted by atomic mass is 16.4. The number of anilines is 1. The number of likely N-dealkylation sites (tertiary alicyclic amines) is 1. The molecule has 2 aromatic carbocycles. The lowest BCUT2D eigenvalue weighted by Crippen LogP contribution is -2.56. The van der Waals surface area contributed by atoms with Gasteiger partial charge in [0.05, 0.1) is 0 Å². The predicted octanol–water partition coefficient (Wildman–Crippen LogP) is 2.92. The van der Waals surface area contributed by atoms with Crippen molar-refractivity contribution in [2.75, 3.05) is 11.9 Å². The summed E-state index contributed by atoms with van der Waals surface area (Å²) in [7, 11) is 0. The Morgan fingerprint density at radius 1 is 1.02 bits per heavy atom. The van der Waals surface area contributed by atoms with Gasteiger partial charge < -0.3 is 25.3 Å². The van der Waals surface area contributed by atoms with E-state index in [2.05, 4.69) is 16.0 Å². The molecule has 1 fully saturated rings. The number of aryl methyl sites for hydroxylation is 1. The Hall–Kier alpha value is -4.47. The lowest BCUT2D eigenvalue weighted by Gasteiger charge is -2.30. The van der Waals surface area contributed by atoms with E-state index in [1.54, 1.807) is 25.1 Å². The highest BCUT2D eigenvalue weighted by molar-refractivity contribution is 6.00. The summed E-state index contributed by atoms with van der Waals surface area (Å²) in [4.78, 5) is 65.5. The van der Waals surface area contributed by atoms with Crippen molar-refractivity contribution in [2.45, 2.75) is 65.1 Å².